The molecule has 3 unspecified atom stereocenters. The van der Waals surface area contributed by atoms with E-state index < -0.39 is 0 Å². The van der Waals surface area contributed by atoms with Crippen LogP contribution in [0.5, 0.6) is 5.75 Å². The van der Waals surface area contributed by atoms with Crippen LogP contribution in [0, 0.1) is 17.2 Å². The van der Waals surface area contributed by atoms with Crippen LogP contribution in [-0.2, 0) is 11.2 Å². The van der Waals surface area contributed by atoms with Crippen molar-refractivity contribution in [3.8, 4) is 11.8 Å². The third-order valence-corrected chi connectivity index (χ3v) is 5.45. The number of carbonyl (C=O) groups excluding carboxylic acids is 1. The van der Waals surface area contributed by atoms with Gasteiger partial charge in [-0.25, -0.2) is 0 Å². The molecule has 1 aromatic rings. The number of hydrogen-bond donors (Lipinski definition) is 1. The maximum absolute atomic E-state index is 12.9. The number of amides is 1. The summed E-state index contributed by atoms with van der Waals surface area (Å²) in [6, 6.07) is 9.51. The van der Waals surface area contributed by atoms with Gasteiger partial charge in [0, 0.05) is 18.5 Å². The highest BCUT2D eigenvalue weighted by atomic mass is 16.5. The maximum atomic E-state index is 12.9. The molecule has 5 nitrogen and oxygen atoms in total. The molecule has 1 aromatic carbocycles. The molecule has 1 amide bonds. The van der Waals surface area contributed by atoms with Gasteiger partial charge in [0.2, 0.25) is 5.91 Å². The SMILES string of the molecule is N#CCOc1cccc(CC(=O)N2CCCC2C2CCCCC2O)c1. The minimum atomic E-state index is -0.269. The summed E-state index contributed by atoms with van der Waals surface area (Å²) in [5, 5.41) is 19.0. The largest absolute Gasteiger partial charge is 0.479 e. The summed E-state index contributed by atoms with van der Waals surface area (Å²) in [4.78, 5) is 14.8. The van der Waals surface area contributed by atoms with Crippen LogP contribution in [0.2, 0.25) is 0 Å². The number of ether oxygens (including phenoxy) is 1. The molecule has 1 aliphatic carbocycles. The van der Waals surface area contributed by atoms with Crippen molar-refractivity contribution >= 4 is 5.91 Å². The first-order chi connectivity index (χ1) is 12.2. The Bertz CT molecular complexity index is 640. The van der Waals surface area contributed by atoms with Gasteiger partial charge in [0.15, 0.2) is 6.61 Å². The summed E-state index contributed by atoms with van der Waals surface area (Å²) >= 11 is 0. The van der Waals surface area contributed by atoms with Crippen molar-refractivity contribution in [2.24, 2.45) is 5.92 Å². The lowest BCUT2D eigenvalue weighted by Gasteiger charge is -2.37. The molecule has 2 fully saturated rings. The topological polar surface area (TPSA) is 73.6 Å². The van der Waals surface area contributed by atoms with Crippen molar-refractivity contribution in [2.75, 3.05) is 13.2 Å². The predicted octanol–water partition coefficient (Wildman–Crippen LogP) is 2.67. The molecule has 0 aromatic heterocycles. The van der Waals surface area contributed by atoms with E-state index in [9.17, 15) is 9.90 Å². The Balaban J connectivity index is 1.65. The minimum absolute atomic E-state index is 0.00513. The zero-order valence-corrected chi connectivity index (χ0v) is 14.6. The van der Waals surface area contributed by atoms with Gasteiger partial charge in [-0.2, -0.15) is 5.26 Å². The molecule has 3 atom stereocenters. The summed E-state index contributed by atoms with van der Waals surface area (Å²) in [7, 11) is 0. The third-order valence-electron chi connectivity index (χ3n) is 5.45. The van der Waals surface area contributed by atoms with E-state index in [1.54, 1.807) is 6.07 Å². The van der Waals surface area contributed by atoms with E-state index in [1.165, 1.54) is 0 Å². The van der Waals surface area contributed by atoms with E-state index in [4.69, 9.17) is 10.00 Å². The van der Waals surface area contributed by atoms with Crippen LogP contribution in [0.1, 0.15) is 44.1 Å². The molecule has 0 bridgehead atoms. The van der Waals surface area contributed by atoms with Gasteiger partial charge < -0.3 is 14.7 Å². The molecule has 1 N–H and O–H groups in total. The average molecular weight is 342 g/mol. The summed E-state index contributed by atoms with van der Waals surface area (Å²) in [6.45, 7) is 0.794. The summed E-state index contributed by atoms with van der Waals surface area (Å²) in [6.07, 6.45) is 6.21. The fraction of sp³-hybridized carbons (Fsp3) is 0.600. The van der Waals surface area contributed by atoms with Gasteiger partial charge in [0.05, 0.1) is 12.5 Å². The number of aliphatic hydroxyl groups excluding tert-OH is 1. The van der Waals surface area contributed by atoms with Crippen LogP contribution in [0.3, 0.4) is 0 Å². The second-order valence-corrected chi connectivity index (χ2v) is 7.08. The molecule has 5 heteroatoms. The number of benzene rings is 1. The monoisotopic (exact) mass is 342 g/mol. The van der Waals surface area contributed by atoms with E-state index in [2.05, 4.69) is 0 Å². The molecular weight excluding hydrogens is 316 g/mol. The molecule has 25 heavy (non-hydrogen) atoms. The number of carbonyl (C=O) groups is 1. The first-order valence-corrected chi connectivity index (χ1v) is 9.25. The highest BCUT2D eigenvalue weighted by Crippen LogP contribution is 2.35. The number of likely N-dealkylation sites (tertiary alicyclic amines) is 1. The maximum Gasteiger partial charge on any atom is 0.227 e. The molecule has 3 rings (SSSR count). The van der Waals surface area contributed by atoms with Crippen molar-refractivity contribution < 1.29 is 14.6 Å². The summed E-state index contributed by atoms with van der Waals surface area (Å²) in [5.41, 5.74) is 0.898. The number of nitrogens with zero attached hydrogens (tertiary/aromatic N) is 2. The van der Waals surface area contributed by atoms with Gasteiger partial charge in [-0.05, 0) is 43.4 Å². The number of rotatable bonds is 5. The normalized spacial score (nSPS) is 26.2. The van der Waals surface area contributed by atoms with Gasteiger partial charge in [-0.1, -0.05) is 25.0 Å². The summed E-state index contributed by atoms with van der Waals surface area (Å²) < 4.78 is 5.31. The van der Waals surface area contributed by atoms with Crippen LogP contribution in [0.25, 0.3) is 0 Å². The fourth-order valence-corrected chi connectivity index (χ4v) is 4.27. The van der Waals surface area contributed by atoms with Crippen LogP contribution in [-0.4, -0.2) is 41.2 Å². The molecule has 0 radical (unpaired) electrons. The van der Waals surface area contributed by atoms with Gasteiger partial charge in [0.25, 0.3) is 0 Å². The summed E-state index contributed by atoms with van der Waals surface area (Å²) in [5.74, 6) is 0.968. The lowest BCUT2D eigenvalue weighted by molar-refractivity contribution is -0.133. The van der Waals surface area contributed by atoms with Gasteiger partial charge in [-0.15, -0.1) is 0 Å². The Kier molecular flexibility index (Phi) is 5.93. The van der Waals surface area contributed by atoms with Gasteiger partial charge in [0.1, 0.15) is 11.8 Å². The van der Waals surface area contributed by atoms with E-state index >= 15 is 0 Å². The molecule has 1 saturated heterocycles. The first-order valence-electron chi connectivity index (χ1n) is 9.25. The van der Waals surface area contributed by atoms with E-state index in [-0.39, 0.29) is 30.6 Å². The molecule has 0 spiro atoms. The van der Waals surface area contributed by atoms with Crippen molar-refractivity contribution in [3.63, 3.8) is 0 Å². The van der Waals surface area contributed by atoms with Gasteiger partial charge >= 0.3 is 0 Å². The molecule has 1 heterocycles. The van der Waals surface area contributed by atoms with Crippen LogP contribution in [0.15, 0.2) is 24.3 Å². The minimum Gasteiger partial charge on any atom is -0.479 e. The standard InChI is InChI=1S/C20H26N2O3/c21-10-12-25-16-6-3-5-15(13-16)14-20(24)22-11-4-8-18(22)17-7-1-2-9-19(17)23/h3,5-6,13,17-19,23H,1-2,4,7-9,11-12,14H2. The van der Waals surface area contributed by atoms with E-state index in [0.29, 0.717) is 12.2 Å². The zero-order chi connectivity index (χ0) is 17.6. The molecule has 1 aliphatic heterocycles. The Labute approximate surface area is 149 Å². The highest BCUT2D eigenvalue weighted by molar-refractivity contribution is 5.79. The Morgan fingerprint density at radius 3 is 2.92 bits per heavy atom. The third kappa shape index (κ3) is 4.32. The van der Waals surface area contributed by atoms with E-state index in [0.717, 1.165) is 50.6 Å². The van der Waals surface area contributed by atoms with Crippen LogP contribution >= 0.6 is 0 Å². The average Bonchev–Trinajstić information content (AvgIpc) is 3.10. The lowest BCUT2D eigenvalue weighted by Crippen LogP contribution is -2.45. The number of hydrogen-bond acceptors (Lipinski definition) is 4. The van der Waals surface area contributed by atoms with Crippen LogP contribution in [0.4, 0.5) is 0 Å². The van der Waals surface area contributed by atoms with Crippen molar-refractivity contribution in [1.29, 1.82) is 5.26 Å². The quantitative estimate of drug-likeness (QED) is 0.893. The fourth-order valence-electron chi connectivity index (χ4n) is 4.27. The highest BCUT2D eigenvalue weighted by Gasteiger charge is 2.38. The zero-order valence-electron chi connectivity index (χ0n) is 14.6. The molecule has 1 saturated carbocycles. The molecule has 2 aliphatic rings. The Hall–Kier alpha value is -2.06. The van der Waals surface area contributed by atoms with Crippen molar-refractivity contribution in [3.05, 3.63) is 29.8 Å². The predicted molar refractivity (Wildman–Crippen MR) is 94.0 cm³/mol. The van der Waals surface area contributed by atoms with Crippen molar-refractivity contribution in [1.82, 2.24) is 4.90 Å². The van der Waals surface area contributed by atoms with Crippen LogP contribution < -0.4 is 4.74 Å². The molecular formula is C20H26N2O3. The van der Waals surface area contributed by atoms with E-state index in [1.807, 2.05) is 29.2 Å². The van der Waals surface area contributed by atoms with Gasteiger partial charge in [-0.3, -0.25) is 4.79 Å². The smallest absolute Gasteiger partial charge is 0.227 e. The number of aliphatic hydroxyl groups is 1. The second-order valence-electron chi connectivity index (χ2n) is 7.08. The van der Waals surface area contributed by atoms with Crippen molar-refractivity contribution in [2.45, 2.75) is 57.1 Å². The number of nitriles is 1. The second kappa shape index (κ2) is 8.35. The first kappa shape index (κ1) is 17.8. The molecule has 134 valence electrons. The Morgan fingerprint density at radius 1 is 1.28 bits per heavy atom. The Morgan fingerprint density at radius 2 is 2.12 bits per heavy atom. The lowest BCUT2D eigenvalue weighted by atomic mass is 9.80.